The normalized spacial score (nSPS) is 23.0. The number of alkyl halides is 1. The third kappa shape index (κ3) is 2.47. The quantitative estimate of drug-likeness (QED) is 0.868. The van der Waals surface area contributed by atoms with Crippen molar-refractivity contribution < 1.29 is 18.7 Å². The standard InChI is InChI=1S/C18H19F2N3O3/c1-8-15-10(9-2-3-9)4-11(18(25)26)17(24)23(15)6-13(20)16(8)22-5-12(19)14(21)7-22/h4,6,9,12,14H,2-3,5,7,21H2,1H3,(H,25,26)/t12-,14+/m1/s1. The summed E-state index contributed by atoms with van der Waals surface area (Å²) in [4.78, 5) is 25.5. The lowest BCUT2D eigenvalue weighted by Crippen LogP contribution is -2.31. The van der Waals surface area contributed by atoms with Crippen LogP contribution in [0, 0.1) is 12.7 Å². The molecule has 1 saturated carbocycles. The van der Waals surface area contributed by atoms with Crippen molar-refractivity contribution in [2.24, 2.45) is 5.73 Å². The van der Waals surface area contributed by atoms with Crippen molar-refractivity contribution in [3.63, 3.8) is 0 Å². The molecule has 1 aliphatic heterocycles. The highest BCUT2D eigenvalue weighted by atomic mass is 19.1. The van der Waals surface area contributed by atoms with E-state index in [0.717, 1.165) is 29.0 Å². The number of carboxylic acids is 1. The molecule has 2 aliphatic rings. The van der Waals surface area contributed by atoms with Crippen LogP contribution in [0.15, 0.2) is 17.1 Å². The number of nitrogens with two attached hydrogens (primary N) is 1. The summed E-state index contributed by atoms with van der Waals surface area (Å²) in [5, 5.41) is 9.31. The first-order valence-electron chi connectivity index (χ1n) is 8.55. The number of aromatic nitrogens is 1. The predicted molar refractivity (Wildman–Crippen MR) is 92.4 cm³/mol. The maximum atomic E-state index is 14.8. The van der Waals surface area contributed by atoms with Crippen molar-refractivity contribution in [2.45, 2.75) is 37.9 Å². The van der Waals surface area contributed by atoms with E-state index >= 15 is 0 Å². The third-order valence-electron chi connectivity index (χ3n) is 5.30. The van der Waals surface area contributed by atoms with Crippen LogP contribution >= 0.6 is 0 Å². The highest BCUT2D eigenvalue weighted by Gasteiger charge is 2.34. The summed E-state index contributed by atoms with van der Waals surface area (Å²) in [5.41, 5.74) is 6.54. The number of hydrogen-bond donors (Lipinski definition) is 2. The number of fused-ring (bicyclic) bond motifs is 1. The van der Waals surface area contributed by atoms with E-state index in [-0.39, 0.29) is 30.3 Å². The number of aryl methyl sites for hydroxylation is 1. The van der Waals surface area contributed by atoms with Gasteiger partial charge in [-0.1, -0.05) is 0 Å². The Morgan fingerprint density at radius 2 is 2.04 bits per heavy atom. The Balaban J connectivity index is 2.00. The molecule has 0 amide bonds. The van der Waals surface area contributed by atoms with Gasteiger partial charge in [-0.05, 0) is 42.9 Å². The number of nitrogens with zero attached hydrogens (tertiary/aromatic N) is 2. The smallest absolute Gasteiger partial charge is 0.341 e. The minimum atomic E-state index is -1.33. The lowest BCUT2D eigenvalue weighted by atomic mass is 10.0. The average Bonchev–Trinajstić information content (AvgIpc) is 3.35. The fourth-order valence-corrected chi connectivity index (χ4v) is 3.86. The lowest BCUT2D eigenvalue weighted by Gasteiger charge is -2.23. The van der Waals surface area contributed by atoms with E-state index < -0.39 is 29.6 Å². The molecule has 0 bridgehead atoms. The van der Waals surface area contributed by atoms with Gasteiger partial charge in [0.2, 0.25) is 0 Å². The Hall–Kier alpha value is -2.48. The van der Waals surface area contributed by atoms with Crippen LogP contribution in [-0.4, -0.2) is 40.8 Å². The monoisotopic (exact) mass is 363 g/mol. The fraction of sp³-hybridized carbons (Fsp3) is 0.444. The number of rotatable bonds is 3. The second-order valence-electron chi connectivity index (χ2n) is 7.15. The molecule has 26 heavy (non-hydrogen) atoms. The summed E-state index contributed by atoms with van der Waals surface area (Å²) >= 11 is 0. The third-order valence-corrected chi connectivity index (χ3v) is 5.30. The summed E-state index contributed by atoms with van der Waals surface area (Å²) in [6.45, 7) is 1.85. The zero-order valence-corrected chi connectivity index (χ0v) is 14.2. The Kier molecular flexibility index (Phi) is 3.76. The Morgan fingerprint density at radius 3 is 2.58 bits per heavy atom. The number of carbonyl (C=O) groups is 1. The molecule has 8 heteroatoms. The lowest BCUT2D eigenvalue weighted by molar-refractivity contribution is 0.0694. The number of carboxylic acid groups (broad SMARTS) is 1. The highest BCUT2D eigenvalue weighted by Crippen LogP contribution is 2.44. The van der Waals surface area contributed by atoms with E-state index in [0.29, 0.717) is 11.1 Å². The number of anilines is 1. The highest BCUT2D eigenvalue weighted by molar-refractivity contribution is 5.89. The summed E-state index contributed by atoms with van der Waals surface area (Å²) in [6, 6.07) is 0.713. The molecule has 0 unspecified atom stereocenters. The van der Waals surface area contributed by atoms with E-state index in [1.807, 2.05) is 0 Å². The number of pyridine rings is 2. The van der Waals surface area contributed by atoms with Crippen LogP contribution in [0.4, 0.5) is 14.5 Å². The fourth-order valence-electron chi connectivity index (χ4n) is 3.86. The van der Waals surface area contributed by atoms with Crippen molar-refractivity contribution in [1.82, 2.24) is 4.40 Å². The first kappa shape index (κ1) is 17.0. The van der Waals surface area contributed by atoms with E-state index in [9.17, 15) is 23.5 Å². The summed E-state index contributed by atoms with van der Waals surface area (Å²) < 4.78 is 29.8. The van der Waals surface area contributed by atoms with Crippen molar-refractivity contribution in [3.05, 3.63) is 45.1 Å². The second-order valence-corrected chi connectivity index (χ2v) is 7.15. The van der Waals surface area contributed by atoms with Gasteiger partial charge in [0.15, 0.2) is 5.82 Å². The molecule has 2 aromatic heterocycles. The number of halogens is 2. The van der Waals surface area contributed by atoms with Crippen LogP contribution in [-0.2, 0) is 0 Å². The molecule has 1 saturated heterocycles. The molecule has 2 atom stereocenters. The molecule has 3 N–H and O–H groups in total. The summed E-state index contributed by atoms with van der Waals surface area (Å²) in [6.07, 6.45) is 1.54. The molecule has 4 rings (SSSR count). The molecular formula is C18H19F2N3O3. The molecule has 1 aliphatic carbocycles. The largest absolute Gasteiger partial charge is 0.477 e. The van der Waals surface area contributed by atoms with Crippen molar-refractivity contribution >= 4 is 17.2 Å². The van der Waals surface area contributed by atoms with Gasteiger partial charge in [-0.3, -0.25) is 9.20 Å². The van der Waals surface area contributed by atoms with Crippen LogP contribution in [0.1, 0.15) is 40.2 Å². The van der Waals surface area contributed by atoms with Gasteiger partial charge in [0.1, 0.15) is 11.7 Å². The average molecular weight is 363 g/mol. The topological polar surface area (TPSA) is 88.0 Å². The first-order chi connectivity index (χ1) is 12.3. The molecule has 2 fully saturated rings. The molecule has 6 nitrogen and oxygen atoms in total. The Labute approximate surface area is 147 Å². The SMILES string of the molecule is Cc1c(N2C[C@@H](F)[C@@H](N)C2)c(F)cn2c(=O)c(C(=O)O)cc(C3CC3)c12. The molecule has 138 valence electrons. The van der Waals surface area contributed by atoms with Gasteiger partial charge in [-0.2, -0.15) is 0 Å². The van der Waals surface area contributed by atoms with Gasteiger partial charge in [0.25, 0.3) is 5.56 Å². The van der Waals surface area contributed by atoms with Gasteiger partial charge in [-0.25, -0.2) is 13.6 Å². The number of hydrogen-bond acceptors (Lipinski definition) is 4. The second kappa shape index (κ2) is 5.77. The first-order valence-corrected chi connectivity index (χ1v) is 8.55. The molecule has 3 heterocycles. The molecule has 0 radical (unpaired) electrons. The van der Waals surface area contributed by atoms with Gasteiger partial charge >= 0.3 is 5.97 Å². The van der Waals surface area contributed by atoms with Crippen LogP contribution < -0.4 is 16.2 Å². The van der Waals surface area contributed by atoms with Crippen LogP contribution in [0.3, 0.4) is 0 Å². The van der Waals surface area contributed by atoms with E-state index in [2.05, 4.69) is 0 Å². The Morgan fingerprint density at radius 1 is 1.35 bits per heavy atom. The van der Waals surface area contributed by atoms with Crippen LogP contribution in [0.5, 0.6) is 0 Å². The van der Waals surface area contributed by atoms with Gasteiger partial charge in [0.05, 0.1) is 30.0 Å². The maximum absolute atomic E-state index is 14.8. The minimum absolute atomic E-state index is 0.00863. The maximum Gasteiger partial charge on any atom is 0.341 e. The van der Waals surface area contributed by atoms with Crippen molar-refractivity contribution in [3.8, 4) is 0 Å². The van der Waals surface area contributed by atoms with Crippen molar-refractivity contribution in [1.29, 1.82) is 0 Å². The summed E-state index contributed by atoms with van der Waals surface area (Å²) in [5.74, 6) is -1.88. The summed E-state index contributed by atoms with van der Waals surface area (Å²) in [7, 11) is 0. The van der Waals surface area contributed by atoms with E-state index in [4.69, 9.17) is 5.73 Å². The predicted octanol–water partition coefficient (Wildman–Crippen LogP) is 1.81. The molecule has 0 spiro atoms. The van der Waals surface area contributed by atoms with Gasteiger partial charge < -0.3 is 15.7 Å². The van der Waals surface area contributed by atoms with Gasteiger partial charge in [-0.15, -0.1) is 0 Å². The van der Waals surface area contributed by atoms with Crippen LogP contribution in [0.2, 0.25) is 0 Å². The van der Waals surface area contributed by atoms with Crippen LogP contribution in [0.25, 0.3) is 5.52 Å². The van der Waals surface area contributed by atoms with E-state index in [1.54, 1.807) is 11.8 Å². The number of aromatic carboxylic acids is 1. The zero-order valence-electron chi connectivity index (χ0n) is 14.2. The van der Waals surface area contributed by atoms with Crippen molar-refractivity contribution in [2.75, 3.05) is 18.0 Å². The molecule has 0 aromatic carbocycles. The molecule has 2 aromatic rings. The van der Waals surface area contributed by atoms with Gasteiger partial charge in [0, 0.05) is 6.54 Å². The van der Waals surface area contributed by atoms with E-state index in [1.165, 1.54) is 6.07 Å². The molecular weight excluding hydrogens is 344 g/mol. The minimum Gasteiger partial charge on any atom is -0.477 e. The Bertz CT molecular complexity index is 974. The zero-order chi connectivity index (χ0) is 18.7.